The zero-order valence-electron chi connectivity index (χ0n) is 15.7. The maximum Gasteiger partial charge on any atom is 0.254 e. The average molecular weight is 356 g/mol. The van der Waals surface area contributed by atoms with Crippen molar-refractivity contribution in [1.82, 2.24) is 9.80 Å². The minimum absolute atomic E-state index is 0.0599. The van der Waals surface area contributed by atoms with Gasteiger partial charge in [0, 0.05) is 44.4 Å². The molecule has 1 saturated heterocycles. The molecule has 1 aromatic carbocycles. The summed E-state index contributed by atoms with van der Waals surface area (Å²) in [6, 6.07) is 5.37. The Kier molecular flexibility index (Phi) is 4.90. The monoisotopic (exact) mass is 356 g/mol. The molecule has 3 unspecified atom stereocenters. The first-order chi connectivity index (χ1) is 12.7. The number of amides is 1. The quantitative estimate of drug-likeness (QED) is 0.761. The van der Waals surface area contributed by atoms with E-state index in [1.807, 2.05) is 4.90 Å². The van der Waals surface area contributed by atoms with E-state index in [9.17, 15) is 4.79 Å². The van der Waals surface area contributed by atoms with E-state index in [0.29, 0.717) is 17.1 Å². The van der Waals surface area contributed by atoms with Gasteiger partial charge in [-0.25, -0.2) is 0 Å². The fourth-order valence-corrected chi connectivity index (χ4v) is 4.68. The van der Waals surface area contributed by atoms with Crippen LogP contribution >= 0.6 is 0 Å². The van der Waals surface area contributed by atoms with Crippen molar-refractivity contribution in [3.05, 3.63) is 35.9 Å². The Labute approximate surface area is 155 Å². The number of allylic oxidation sites excluding steroid dienone is 2. The van der Waals surface area contributed by atoms with Crippen LogP contribution in [0.25, 0.3) is 0 Å². The molecule has 2 bridgehead atoms. The topological polar surface area (TPSA) is 42.0 Å². The molecule has 3 atom stereocenters. The summed E-state index contributed by atoms with van der Waals surface area (Å²) in [7, 11) is 3.21. The Bertz CT molecular complexity index is 672. The van der Waals surface area contributed by atoms with E-state index in [-0.39, 0.29) is 5.91 Å². The van der Waals surface area contributed by atoms with E-state index in [0.717, 1.165) is 43.9 Å². The zero-order chi connectivity index (χ0) is 18.1. The van der Waals surface area contributed by atoms with Crippen LogP contribution in [0.4, 0.5) is 0 Å². The van der Waals surface area contributed by atoms with Gasteiger partial charge in [-0.05, 0) is 42.7 Å². The molecule has 1 heterocycles. The molecule has 5 nitrogen and oxygen atoms in total. The van der Waals surface area contributed by atoms with E-state index < -0.39 is 0 Å². The van der Waals surface area contributed by atoms with Gasteiger partial charge in [-0.1, -0.05) is 12.2 Å². The molecule has 1 saturated carbocycles. The molecule has 0 N–H and O–H groups in total. The number of hydrogen-bond acceptors (Lipinski definition) is 4. The number of rotatable bonds is 5. The second-order valence-corrected chi connectivity index (χ2v) is 7.73. The zero-order valence-corrected chi connectivity index (χ0v) is 15.7. The molecule has 2 aliphatic carbocycles. The van der Waals surface area contributed by atoms with Gasteiger partial charge in [0.25, 0.3) is 5.91 Å². The predicted octanol–water partition coefficient (Wildman–Crippen LogP) is 2.67. The van der Waals surface area contributed by atoms with Crippen molar-refractivity contribution in [1.29, 1.82) is 0 Å². The Morgan fingerprint density at radius 2 is 1.69 bits per heavy atom. The van der Waals surface area contributed by atoms with Gasteiger partial charge < -0.3 is 14.4 Å². The van der Waals surface area contributed by atoms with Crippen molar-refractivity contribution < 1.29 is 14.3 Å². The SMILES string of the molecule is COc1cc(OC)cc(C(=O)N2CCN(CC3CC4C=CC3C4)CC2)c1. The Morgan fingerprint density at radius 1 is 1.00 bits per heavy atom. The van der Waals surface area contributed by atoms with Crippen LogP contribution in [0, 0.1) is 17.8 Å². The first-order valence-corrected chi connectivity index (χ1v) is 9.59. The summed E-state index contributed by atoms with van der Waals surface area (Å²) < 4.78 is 10.6. The third kappa shape index (κ3) is 3.45. The van der Waals surface area contributed by atoms with Crippen LogP contribution in [0.3, 0.4) is 0 Å². The van der Waals surface area contributed by atoms with Crippen molar-refractivity contribution in [2.24, 2.45) is 17.8 Å². The maximum atomic E-state index is 12.9. The minimum Gasteiger partial charge on any atom is -0.497 e. The summed E-state index contributed by atoms with van der Waals surface area (Å²) in [4.78, 5) is 17.4. The van der Waals surface area contributed by atoms with E-state index in [2.05, 4.69) is 17.1 Å². The van der Waals surface area contributed by atoms with Crippen molar-refractivity contribution in [3.8, 4) is 11.5 Å². The molecule has 1 aliphatic heterocycles. The molecule has 2 fully saturated rings. The number of hydrogen-bond donors (Lipinski definition) is 0. The first kappa shape index (κ1) is 17.4. The molecule has 5 heteroatoms. The minimum atomic E-state index is 0.0599. The van der Waals surface area contributed by atoms with Crippen molar-refractivity contribution in [3.63, 3.8) is 0 Å². The third-order valence-electron chi connectivity index (χ3n) is 6.17. The fraction of sp³-hybridized carbons (Fsp3) is 0.571. The highest BCUT2D eigenvalue weighted by Crippen LogP contribution is 2.43. The van der Waals surface area contributed by atoms with Crippen molar-refractivity contribution in [2.75, 3.05) is 46.9 Å². The van der Waals surface area contributed by atoms with Gasteiger partial charge >= 0.3 is 0 Å². The van der Waals surface area contributed by atoms with Gasteiger partial charge in [-0.2, -0.15) is 0 Å². The molecule has 1 aromatic rings. The normalized spacial score (nSPS) is 27.8. The van der Waals surface area contributed by atoms with Crippen LogP contribution in [-0.4, -0.2) is 62.7 Å². The van der Waals surface area contributed by atoms with E-state index in [4.69, 9.17) is 9.47 Å². The largest absolute Gasteiger partial charge is 0.497 e. The predicted molar refractivity (Wildman–Crippen MR) is 101 cm³/mol. The molecular weight excluding hydrogens is 328 g/mol. The van der Waals surface area contributed by atoms with Crippen molar-refractivity contribution in [2.45, 2.75) is 12.8 Å². The highest BCUT2D eigenvalue weighted by molar-refractivity contribution is 5.95. The van der Waals surface area contributed by atoms with Gasteiger partial charge in [-0.15, -0.1) is 0 Å². The van der Waals surface area contributed by atoms with Crippen LogP contribution in [0.15, 0.2) is 30.4 Å². The standard InChI is InChI=1S/C21H28N2O3/c1-25-19-11-17(12-20(13-19)26-2)21(24)23-7-5-22(6-8-23)14-18-10-15-3-4-16(18)9-15/h3-4,11-13,15-16,18H,5-10,14H2,1-2H3. The summed E-state index contributed by atoms with van der Waals surface area (Å²) in [5, 5.41) is 0. The molecule has 0 aromatic heterocycles. The Morgan fingerprint density at radius 3 is 2.23 bits per heavy atom. The van der Waals surface area contributed by atoms with E-state index in [1.165, 1.54) is 19.4 Å². The van der Waals surface area contributed by atoms with E-state index in [1.54, 1.807) is 32.4 Å². The summed E-state index contributed by atoms with van der Waals surface area (Å²) >= 11 is 0. The van der Waals surface area contributed by atoms with Crippen LogP contribution in [0.5, 0.6) is 11.5 Å². The smallest absolute Gasteiger partial charge is 0.254 e. The van der Waals surface area contributed by atoms with Gasteiger partial charge in [0.1, 0.15) is 11.5 Å². The molecule has 4 rings (SSSR count). The van der Waals surface area contributed by atoms with Gasteiger partial charge in [0.2, 0.25) is 0 Å². The van der Waals surface area contributed by atoms with Crippen LogP contribution in [0.2, 0.25) is 0 Å². The Hall–Kier alpha value is -2.01. The molecule has 0 spiro atoms. The third-order valence-corrected chi connectivity index (χ3v) is 6.17. The highest BCUT2D eigenvalue weighted by atomic mass is 16.5. The number of ether oxygens (including phenoxy) is 2. The average Bonchev–Trinajstić information content (AvgIpc) is 3.30. The number of methoxy groups -OCH3 is 2. The summed E-state index contributed by atoms with van der Waals surface area (Å²) in [6.07, 6.45) is 7.54. The molecule has 140 valence electrons. The summed E-state index contributed by atoms with van der Waals surface area (Å²) in [6.45, 7) is 4.68. The first-order valence-electron chi connectivity index (χ1n) is 9.59. The molecule has 26 heavy (non-hydrogen) atoms. The number of fused-ring (bicyclic) bond motifs is 2. The lowest BCUT2D eigenvalue weighted by molar-refractivity contribution is 0.0609. The number of nitrogens with zero attached hydrogens (tertiary/aromatic N) is 2. The second-order valence-electron chi connectivity index (χ2n) is 7.73. The highest BCUT2D eigenvalue weighted by Gasteiger charge is 2.36. The maximum absolute atomic E-state index is 12.9. The van der Waals surface area contributed by atoms with Crippen molar-refractivity contribution >= 4 is 5.91 Å². The summed E-state index contributed by atoms with van der Waals surface area (Å²) in [5.74, 6) is 3.80. The van der Waals surface area contributed by atoms with Gasteiger partial charge in [0.15, 0.2) is 0 Å². The number of piperazine rings is 1. The fourth-order valence-electron chi connectivity index (χ4n) is 4.68. The lowest BCUT2D eigenvalue weighted by atomic mass is 9.93. The lowest BCUT2D eigenvalue weighted by Crippen LogP contribution is -2.50. The van der Waals surface area contributed by atoms with Gasteiger partial charge in [0.05, 0.1) is 14.2 Å². The second kappa shape index (κ2) is 7.31. The Balaban J connectivity index is 1.34. The number of benzene rings is 1. The molecular formula is C21H28N2O3. The summed E-state index contributed by atoms with van der Waals surface area (Å²) in [5.41, 5.74) is 0.632. The van der Waals surface area contributed by atoms with E-state index >= 15 is 0 Å². The number of carbonyl (C=O) groups excluding carboxylic acids is 1. The van der Waals surface area contributed by atoms with Crippen LogP contribution in [-0.2, 0) is 0 Å². The van der Waals surface area contributed by atoms with Crippen LogP contribution in [0.1, 0.15) is 23.2 Å². The van der Waals surface area contributed by atoms with Gasteiger partial charge in [-0.3, -0.25) is 9.69 Å². The number of carbonyl (C=O) groups is 1. The molecule has 0 radical (unpaired) electrons. The lowest BCUT2D eigenvalue weighted by Gasteiger charge is -2.37. The molecule has 3 aliphatic rings. The van der Waals surface area contributed by atoms with Crippen LogP contribution < -0.4 is 9.47 Å². The molecule has 1 amide bonds.